The number of phenols is 1. The van der Waals surface area contributed by atoms with E-state index in [0.29, 0.717) is 23.4 Å². The van der Waals surface area contributed by atoms with Gasteiger partial charge in [-0.2, -0.15) is 0 Å². The number of amides is 1. The molecule has 1 saturated heterocycles. The van der Waals surface area contributed by atoms with Crippen molar-refractivity contribution >= 4 is 17.4 Å². The molecule has 1 heterocycles. The Morgan fingerprint density at radius 3 is 2.06 bits per heavy atom. The fourth-order valence-electron chi connectivity index (χ4n) is 4.58. The van der Waals surface area contributed by atoms with Crippen LogP contribution >= 0.6 is 0 Å². The van der Waals surface area contributed by atoms with Gasteiger partial charge in [0, 0.05) is 12.1 Å². The molecule has 1 fully saturated rings. The van der Waals surface area contributed by atoms with Gasteiger partial charge in [0.2, 0.25) is 0 Å². The minimum absolute atomic E-state index is 0.0599. The van der Waals surface area contributed by atoms with E-state index in [-0.39, 0.29) is 17.1 Å². The Labute approximate surface area is 214 Å². The molecule has 0 aromatic heterocycles. The van der Waals surface area contributed by atoms with Gasteiger partial charge in [-0.25, -0.2) is 0 Å². The maximum atomic E-state index is 13.2. The molecule has 1 aliphatic rings. The van der Waals surface area contributed by atoms with E-state index in [1.165, 1.54) is 12.1 Å². The maximum absolute atomic E-state index is 13.2. The Morgan fingerprint density at radius 1 is 0.917 bits per heavy atom. The van der Waals surface area contributed by atoms with Crippen molar-refractivity contribution in [1.29, 1.82) is 0 Å². The number of ketones is 1. The summed E-state index contributed by atoms with van der Waals surface area (Å²) in [5.74, 6) is -0.817. The molecule has 3 rings (SSSR count). The fourth-order valence-corrected chi connectivity index (χ4v) is 4.58. The van der Waals surface area contributed by atoms with E-state index in [2.05, 4.69) is 18.7 Å². The summed E-state index contributed by atoms with van der Waals surface area (Å²) in [7, 11) is 1.55. The van der Waals surface area contributed by atoms with Gasteiger partial charge in [0.1, 0.15) is 17.3 Å². The number of likely N-dealkylation sites (tertiary alicyclic amines) is 1. The smallest absolute Gasteiger partial charge is 0.295 e. The van der Waals surface area contributed by atoms with Crippen molar-refractivity contribution in [2.24, 2.45) is 0 Å². The highest BCUT2D eigenvalue weighted by Gasteiger charge is 2.45. The summed E-state index contributed by atoms with van der Waals surface area (Å²) in [5.41, 5.74) is 1.16. The predicted molar refractivity (Wildman–Crippen MR) is 141 cm³/mol. The summed E-state index contributed by atoms with van der Waals surface area (Å²) >= 11 is 0. The standard InChI is InChI=1S/C29H38N2O5/c1-4-6-17-30(18-7-5-2)19-8-20-31-26(21-9-13-23(32)14-10-21)25(28(34)29(31)35)27(33)22-11-15-24(36-3)16-12-22/h9-16,26,32-33H,4-8,17-20H2,1-3H3/t26-/m1/s1. The number of rotatable bonds is 13. The Hall–Kier alpha value is -3.32. The minimum atomic E-state index is -0.729. The van der Waals surface area contributed by atoms with Gasteiger partial charge in [-0.3, -0.25) is 9.59 Å². The maximum Gasteiger partial charge on any atom is 0.295 e. The number of carbonyl (C=O) groups excluding carboxylic acids is 2. The van der Waals surface area contributed by atoms with E-state index in [1.54, 1.807) is 48.4 Å². The first kappa shape index (κ1) is 27.3. The molecule has 7 heteroatoms. The molecule has 2 N–H and O–H groups in total. The summed E-state index contributed by atoms with van der Waals surface area (Å²) in [6, 6.07) is 12.4. The van der Waals surface area contributed by atoms with E-state index in [4.69, 9.17) is 4.74 Å². The molecular weight excluding hydrogens is 456 g/mol. The van der Waals surface area contributed by atoms with Crippen LogP contribution in [-0.2, 0) is 9.59 Å². The molecule has 7 nitrogen and oxygen atoms in total. The van der Waals surface area contributed by atoms with Crippen LogP contribution in [0.15, 0.2) is 54.1 Å². The summed E-state index contributed by atoms with van der Waals surface area (Å²) in [6.45, 7) is 7.63. The summed E-state index contributed by atoms with van der Waals surface area (Å²) < 4.78 is 5.19. The lowest BCUT2D eigenvalue weighted by Crippen LogP contribution is -2.34. The summed E-state index contributed by atoms with van der Waals surface area (Å²) in [6.07, 6.45) is 5.23. The Morgan fingerprint density at radius 2 is 1.50 bits per heavy atom. The molecule has 1 aliphatic heterocycles. The van der Waals surface area contributed by atoms with Gasteiger partial charge in [0.25, 0.3) is 11.7 Å². The number of hydrogen-bond donors (Lipinski definition) is 2. The van der Waals surface area contributed by atoms with E-state index in [1.807, 2.05) is 0 Å². The number of carbonyl (C=O) groups is 2. The molecule has 0 aliphatic carbocycles. The molecule has 0 radical (unpaired) electrons. The van der Waals surface area contributed by atoms with Gasteiger partial charge < -0.3 is 24.7 Å². The van der Waals surface area contributed by atoms with Crippen LogP contribution in [0.5, 0.6) is 11.5 Å². The van der Waals surface area contributed by atoms with Crippen LogP contribution in [0.4, 0.5) is 0 Å². The second kappa shape index (κ2) is 13.1. The number of methoxy groups -OCH3 is 1. The van der Waals surface area contributed by atoms with Gasteiger partial charge in [0.05, 0.1) is 18.7 Å². The fraction of sp³-hybridized carbons (Fsp3) is 0.448. The van der Waals surface area contributed by atoms with Crippen molar-refractivity contribution in [2.75, 3.05) is 33.3 Å². The van der Waals surface area contributed by atoms with Crippen LogP contribution in [0.3, 0.4) is 0 Å². The molecule has 0 bridgehead atoms. The van der Waals surface area contributed by atoms with E-state index >= 15 is 0 Å². The second-order valence-electron chi connectivity index (χ2n) is 9.21. The van der Waals surface area contributed by atoms with Crippen molar-refractivity contribution in [3.05, 3.63) is 65.2 Å². The minimum Gasteiger partial charge on any atom is -0.508 e. The molecule has 1 atom stereocenters. The van der Waals surface area contributed by atoms with E-state index in [9.17, 15) is 19.8 Å². The number of Topliss-reactive ketones (excluding diaryl/α,β-unsaturated/α-hetero) is 1. The monoisotopic (exact) mass is 494 g/mol. The topological polar surface area (TPSA) is 90.3 Å². The van der Waals surface area contributed by atoms with Gasteiger partial charge in [-0.05, 0) is 80.9 Å². The Kier molecular flexibility index (Phi) is 9.94. The van der Waals surface area contributed by atoms with Crippen LogP contribution in [0.25, 0.3) is 5.76 Å². The molecule has 0 spiro atoms. The highest BCUT2D eigenvalue weighted by Crippen LogP contribution is 2.40. The number of phenolic OH excluding ortho intramolecular Hbond substituents is 1. The first-order chi connectivity index (χ1) is 17.4. The zero-order chi connectivity index (χ0) is 26.1. The van der Waals surface area contributed by atoms with Crippen LogP contribution in [0.1, 0.15) is 63.1 Å². The zero-order valence-corrected chi connectivity index (χ0v) is 21.6. The number of hydrogen-bond acceptors (Lipinski definition) is 6. The summed E-state index contributed by atoms with van der Waals surface area (Å²) in [4.78, 5) is 30.3. The first-order valence-electron chi connectivity index (χ1n) is 12.8. The molecular formula is C29H38N2O5. The summed E-state index contributed by atoms with van der Waals surface area (Å²) in [5, 5.41) is 21.0. The van der Waals surface area contributed by atoms with Crippen molar-refractivity contribution in [1.82, 2.24) is 9.80 Å². The molecule has 2 aromatic rings. The zero-order valence-electron chi connectivity index (χ0n) is 21.6. The van der Waals surface area contributed by atoms with Crippen LogP contribution in [-0.4, -0.2) is 65.0 Å². The largest absolute Gasteiger partial charge is 0.508 e. The number of benzene rings is 2. The third kappa shape index (κ3) is 6.46. The average molecular weight is 495 g/mol. The van der Waals surface area contributed by atoms with Gasteiger partial charge in [-0.15, -0.1) is 0 Å². The third-order valence-corrected chi connectivity index (χ3v) is 6.64. The van der Waals surface area contributed by atoms with Crippen molar-refractivity contribution in [3.63, 3.8) is 0 Å². The Balaban J connectivity index is 1.90. The van der Waals surface area contributed by atoms with Crippen molar-refractivity contribution in [2.45, 2.75) is 52.0 Å². The lowest BCUT2D eigenvalue weighted by Gasteiger charge is -2.27. The van der Waals surface area contributed by atoms with Crippen LogP contribution < -0.4 is 4.74 Å². The number of unbranched alkanes of at least 4 members (excludes halogenated alkanes) is 2. The van der Waals surface area contributed by atoms with E-state index in [0.717, 1.165) is 51.7 Å². The second-order valence-corrected chi connectivity index (χ2v) is 9.21. The molecule has 2 aromatic carbocycles. The molecule has 1 amide bonds. The van der Waals surface area contributed by atoms with Gasteiger partial charge in [0.15, 0.2) is 0 Å². The van der Waals surface area contributed by atoms with Gasteiger partial charge >= 0.3 is 0 Å². The quantitative estimate of drug-likeness (QED) is 0.228. The van der Waals surface area contributed by atoms with Gasteiger partial charge in [-0.1, -0.05) is 38.8 Å². The first-order valence-corrected chi connectivity index (χ1v) is 12.8. The predicted octanol–water partition coefficient (Wildman–Crippen LogP) is 5.11. The normalized spacial score (nSPS) is 17.2. The number of aromatic hydroxyl groups is 1. The average Bonchev–Trinajstić information content (AvgIpc) is 3.15. The number of nitrogens with zero attached hydrogens (tertiary/aromatic N) is 2. The number of aliphatic hydroxyl groups excluding tert-OH is 1. The van der Waals surface area contributed by atoms with Crippen molar-refractivity contribution < 1.29 is 24.5 Å². The molecule has 36 heavy (non-hydrogen) atoms. The SMILES string of the molecule is CCCCN(CCCC)CCCN1C(=O)C(=O)C(=C(O)c2ccc(OC)cc2)[C@H]1c1ccc(O)cc1. The highest BCUT2D eigenvalue weighted by atomic mass is 16.5. The van der Waals surface area contributed by atoms with Crippen molar-refractivity contribution in [3.8, 4) is 11.5 Å². The van der Waals surface area contributed by atoms with Crippen LogP contribution in [0.2, 0.25) is 0 Å². The Bertz CT molecular complexity index is 1040. The van der Waals surface area contributed by atoms with Crippen LogP contribution in [0, 0.1) is 0 Å². The third-order valence-electron chi connectivity index (χ3n) is 6.64. The lowest BCUT2D eigenvalue weighted by atomic mass is 9.95. The molecule has 0 saturated carbocycles. The number of ether oxygens (including phenoxy) is 1. The molecule has 0 unspecified atom stereocenters. The number of aliphatic hydroxyl groups is 1. The van der Waals surface area contributed by atoms with E-state index < -0.39 is 17.7 Å². The lowest BCUT2D eigenvalue weighted by molar-refractivity contribution is -0.140. The molecule has 194 valence electrons. The highest BCUT2D eigenvalue weighted by molar-refractivity contribution is 6.46.